The Balaban J connectivity index is 4.27. The summed E-state index contributed by atoms with van der Waals surface area (Å²) in [7, 11) is 0. The van der Waals surface area contributed by atoms with Gasteiger partial charge in [0.2, 0.25) is 0 Å². The van der Waals surface area contributed by atoms with Crippen molar-refractivity contribution < 1.29 is 0 Å². The zero-order valence-corrected chi connectivity index (χ0v) is 11.7. The SMILES string of the molecule is C=C(C)NC(C)C(C)/C=C\C(C)=C/C(C)C. The number of rotatable bonds is 6. The van der Waals surface area contributed by atoms with E-state index in [1.807, 2.05) is 6.92 Å². The van der Waals surface area contributed by atoms with E-state index in [1.165, 1.54) is 5.57 Å². The van der Waals surface area contributed by atoms with Crippen LogP contribution in [0.25, 0.3) is 0 Å². The van der Waals surface area contributed by atoms with E-state index in [9.17, 15) is 0 Å². The first-order chi connectivity index (χ1) is 7.32. The zero-order chi connectivity index (χ0) is 12.7. The molecule has 0 fully saturated rings. The summed E-state index contributed by atoms with van der Waals surface area (Å²) in [5, 5.41) is 3.34. The molecule has 1 nitrogen and oxygen atoms in total. The van der Waals surface area contributed by atoms with Crippen molar-refractivity contribution in [3.05, 3.63) is 36.1 Å². The fourth-order valence-electron chi connectivity index (χ4n) is 1.57. The Hall–Kier alpha value is -0.980. The molecule has 92 valence electrons. The molecule has 0 aromatic heterocycles. The Morgan fingerprint density at radius 2 is 1.69 bits per heavy atom. The second-order valence-corrected chi connectivity index (χ2v) is 5.09. The summed E-state index contributed by atoms with van der Waals surface area (Å²) in [6.07, 6.45) is 6.75. The van der Waals surface area contributed by atoms with Gasteiger partial charge in [-0.05, 0) is 32.6 Å². The fraction of sp³-hybridized carbons (Fsp3) is 0.600. The predicted molar refractivity (Wildman–Crippen MR) is 74.3 cm³/mol. The van der Waals surface area contributed by atoms with Gasteiger partial charge >= 0.3 is 0 Å². The summed E-state index contributed by atoms with van der Waals surface area (Å²) in [6.45, 7) is 16.8. The monoisotopic (exact) mass is 221 g/mol. The molecule has 1 N–H and O–H groups in total. The van der Waals surface area contributed by atoms with Gasteiger partial charge in [0, 0.05) is 11.7 Å². The van der Waals surface area contributed by atoms with Gasteiger partial charge in [-0.2, -0.15) is 0 Å². The second kappa shape index (κ2) is 7.32. The van der Waals surface area contributed by atoms with Crippen LogP contribution in [0.2, 0.25) is 0 Å². The van der Waals surface area contributed by atoms with Crippen molar-refractivity contribution in [2.75, 3.05) is 0 Å². The number of hydrogen-bond acceptors (Lipinski definition) is 1. The van der Waals surface area contributed by atoms with Crippen molar-refractivity contribution in [2.45, 2.75) is 47.6 Å². The standard InChI is InChI=1S/C15H27N/c1-11(2)10-13(5)8-9-14(6)15(7)16-12(3)4/h8-11,14-16H,3H2,1-2,4-7H3/b9-8-,13-10-. The molecule has 2 unspecified atom stereocenters. The highest BCUT2D eigenvalue weighted by Gasteiger charge is 2.07. The van der Waals surface area contributed by atoms with Gasteiger partial charge in [0.05, 0.1) is 0 Å². The van der Waals surface area contributed by atoms with Crippen molar-refractivity contribution in [2.24, 2.45) is 11.8 Å². The first-order valence-corrected chi connectivity index (χ1v) is 6.11. The van der Waals surface area contributed by atoms with Gasteiger partial charge in [0.15, 0.2) is 0 Å². The summed E-state index contributed by atoms with van der Waals surface area (Å²) >= 11 is 0. The minimum absolute atomic E-state index is 0.431. The van der Waals surface area contributed by atoms with Crippen LogP contribution in [0.3, 0.4) is 0 Å². The van der Waals surface area contributed by atoms with Gasteiger partial charge in [-0.3, -0.25) is 0 Å². The highest BCUT2D eigenvalue weighted by atomic mass is 14.9. The van der Waals surface area contributed by atoms with Gasteiger partial charge in [0.25, 0.3) is 0 Å². The molecule has 0 aromatic carbocycles. The van der Waals surface area contributed by atoms with E-state index in [0.29, 0.717) is 17.9 Å². The van der Waals surface area contributed by atoms with Crippen LogP contribution in [-0.4, -0.2) is 6.04 Å². The summed E-state index contributed by atoms with van der Waals surface area (Å²) in [4.78, 5) is 0. The number of hydrogen-bond donors (Lipinski definition) is 1. The van der Waals surface area contributed by atoms with E-state index in [1.54, 1.807) is 0 Å². The molecule has 0 aliphatic heterocycles. The molecule has 16 heavy (non-hydrogen) atoms. The molecule has 0 spiro atoms. The predicted octanol–water partition coefficient (Wildman–Crippen LogP) is 4.29. The lowest BCUT2D eigenvalue weighted by atomic mass is 10.0. The van der Waals surface area contributed by atoms with Crippen molar-refractivity contribution in [3.63, 3.8) is 0 Å². The second-order valence-electron chi connectivity index (χ2n) is 5.09. The molecule has 2 atom stereocenters. The lowest BCUT2D eigenvalue weighted by molar-refractivity contribution is 0.502. The van der Waals surface area contributed by atoms with Gasteiger partial charge in [0.1, 0.15) is 0 Å². The minimum Gasteiger partial charge on any atom is -0.386 e. The van der Waals surface area contributed by atoms with E-state index < -0.39 is 0 Å². The lowest BCUT2D eigenvalue weighted by Gasteiger charge is -2.19. The van der Waals surface area contributed by atoms with Crippen LogP contribution < -0.4 is 5.32 Å². The van der Waals surface area contributed by atoms with Gasteiger partial charge in [-0.15, -0.1) is 0 Å². The van der Waals surface area contributed by atoms with Gasteiger partial charge in [-0.25, -0.2) is 0 Å². The maximum atomic E-state index is 3.87. The minimum atomic E-state index is 0.431. The highest BCUT2D eigenvalue weighted by Crippen LogP contribution is 2.09. The molecular formula is C15H27N. The quantitative estimate of drug-likeness (QED) is 0.660. The average Bonchev–Trinajstić information content (AvgIpc) is 2.11. The molecular weight excluding hydrogens is 194 g/mol. The number of nitrogens with one attached hydrogen (secondary N) is 1. The maximum absolute atomic E-state index is 3.87. The van der Waals surface area contributed by atoms with Gasteiger partial charge < -0.3 is 5.32 Å². The van der Waals surface area contributed by atoms with Crippen LogP contribution in [0.15, 0.2) is 36.1 Å². The summed E-state index contributed by atoms with van der Waals surface area (Å²) in [5.74, 6) is 1.12. The Kier molecular flexibility index (Phi) is 6.87. The van der Waals surface area contributed by atoms with Crippen molar-refractivity contribution in [3.8, 4) is 0 Å². The third kappa shape index (κ3) is 7.33. The number of allylic oxidation sites excluding steroid dienone is 4. The molecule has 0 heterocycles. The molecule has 1 heteroatoms. The molecule has 0 aliphatic rings. The lowest BCUT2D eigenvalue weighted by Crippen LogP contribution is -2.29. The molecule has 0 bridgehead atoms. The average molecular weight is 221 g/mol. The van der Waals surface area contributed by atoms with Crippen LogP contribution in [-0.2, 0) is 0 Å². The van der Waals surface area contributed by atoms with E-state index in [-0.39, 0.29) is 0 Å². The van der Waals surface area contributed by atoms with Gasteiger partial charge in [-0.1, -0.05) is 51.2 Å². The Morgan fingerprint density at radius 3 is 2.12 bits per heavy atom. The van der Waals surface area contributed by atoms with Crippen molar-refractivity contribution in [1.82, 2.24) is 5.32 Å². The topological polar surface area (TPSA) is 12.0 Å². The third-order valence-corrected chi connectivity index (χ3v) is 2.52. The first-order valence-electron chi connectivity index (χ1n) is 6.11. The summed E-state index contributed by atoms with van der Waals surface area (Å²) in [6, 6.07) is 0.431. The van der Waals surface area contributed by atoms with Crippen LogP contribution in [0.4, 0.5) is 0 Å². The smallest absolute Gasteiger partial charge is 0.0289 e. The van der Waals surface area contributed by atoms with Crippen LogP contribution in [0.5, 0.6) is 0 Å². The molecule has 0 radical (unpaired) electrons. The summed E-state index contributed by atoms with van der Waals surface area (Å²) < 4.78 is 0. The molecule has 0 aromatic rings. The van der Waals surface area contributed by atoms with Crippen molar-refractivity contribution >= 4 is 0 Å². The first kappa shape index (κ1) is 15.0. The van der Waals surface area contributed by atoms with E-state index in [0.717, 1.165) is 5.70 Å². The van der Waals surface area contributed by atoms with E-state index in [4.69, 9.17) is 0 Å². The fourth-order valence-corrected chi connectivity index (χ4v) is 1.57. The molecule has 0 aliphatic carbocycles. The largest absolute Gasteiger partial charge is 0.386 e. The Bertz CT molecular complexity index is 271. The van der Waals surface area contributed by atoms with Crippen LogP contribution >= 0.6 is 0 Å². The molecule has 0 rings (SSSR count). The van der Waals surface area contributed by atoms with Crippen LogP contribution in [0.1, 0.15) is 41.5 Å². The molecule has 0 saturated heterocycles. The normalized spacial score (nSPS) is 16.6. The molecule has 0 saturated carbocycles. The highest BCUT2D eigenvalue weighted by molar-refractivity contribution is 5.17. The Labute approximate surface area is 101 Å². The van der Waals surface area contributed by atoms with E-state index in [2.05, 4.69) is 64.7 Å². The van der Waals surface area contributed by atoms with Crippen molar-refractivity contribution in [1.29, 1.82) is 0 Å². The van der Waals surface area contributed by atoms with E-state index >= 15 is 0 Å². The van der Waals surface area contributed by atoms with Crippen LogP contribution in [0, 0.1) is 11.8 Å². The zero-order valence-electron chi connectivity index (χ0n) is 11.7. The molecule has 0 amide bonds. The third-order valence-electron chi connectivity index (χ3n) is 2.52. The Morgan fingerprint density at radius 1 is 1.12 bits per heavy atom. The maximum Gasteiger partial charge on any atom is 0.0289 e. The summed E-state index contributed by atoms with van der Waals surface area (Å²) in [5.41, 5.74) is 2.37.